The number of aromatic amines is 1. The summed E-state index contributed by atoms with van der Waals surface area (Å²) in [5, 5.41) is 7.34. The largest absolute Gasteiger partial charge is 0.337 e. The Morgan fingerprint density at radius 1 is 1.24 bits per heavy atom. The predicted molar refractivity (Wildman–Crippen MR) is 97.2 cm³/mol. The minimum Gasteiger partial charge on any atom is -0.337 e. The summed E-state index contributed by atoms with van der Waals surface area (Å²) in [6.45, 7) is 9.64. The minimum atomic E-state index is 0.108. The molecule has 1 saturated heterocycles. The summed E-state index contributed by atoms with van der Waals surface area (Å²) in [6, 6.07) is 9.68. The van der Waals surface area contributed by atoms with E-state index < -0.39 is 0 Å². The van der Waals surface area contributed by atoms with Gasteiger partial charge >= 0.3 is 0 Å². The first-order chi connectivity index (χ1) is 12.0. The Hall–Kier alpha value is -2.21. The predicted octanol–water partition coefficient (Wildman–Crippen LogP) is 2.66. The fraction of sp³-hybridized carbons (Fsp3) is 0.526. The zero-order valence-electron chi connectivity index (χ0n) is 15.3. The maximum Gasteiger partial charge on any atom is 0.253 e. The van der Waals surface area contributed by atoms with E-state index in [1.54, 1.807) is 0 Å². The third kappa shape index (κ3) is 4.25. The number of nitrogens with one attached hydrogen (secondary N) is 1. The van der Waals surface area contributed by atoms with E-state index in [0.29, 0.717) is 5.92 Å². The van der Waals surface area contributed by atoms with Crippen LogP contribution in [0.1, 0.15) is 48.3 Å². The molecule has 1 N–H and O–H groups in total. The van der Waals surface area contributed by atoms with Crippen LogP contribution in [0.2, 0.25) is 0 Å². The third-order valence-electron chi connectivity index (χ3n) is 4.59. The molecule has 0 spiro atoms. The van der Waals surface area contributed by atoms with Crippen molar-refractivity contribution in [2.75, 3.05) is 26.2 Å². The molecular formula is C19H27N5O. The van der Waals surface area contributed by atoms with Crippen molar-refractivity contribution in [1.29, 1.82) is 0 Å². The molecule has 6 nitrogen and oxygen atoms in total. The Morgan fingerprint density at radius 2 is 2.00 bits per heavy atom. The van der Waals surface area contributed by atoms with E-state index in [9.17, 15) is 4.79 Å². The first kappa shape index (κ1) is 17.6. The topological polar surface area (TPSA) is 65.1 Å². The van der Waals surface area contributed by atoms with Crippen LogP contribution in [0.25, 0.3) is 0 Å². The smallest absolute Gasteiger partial charge is 0.253 e. The first-order valence-corrected chi connectivity index (χ1v) is 9.02. The van der Waals surface area contributed by atoms with Gasteiger partial charge in [0.05, 0.1) is 6.04 Å². The number of carbonyl (C=O) groups is 1. The first-order valence-electron chi connectivity index (χ1n) is 9.02. The Kier molecular flexibility index (Phi) is 5.48. The molecule has 1 aliphatic rings. The van der Waals surface area contributed by atoms with Crippen molar-refractivity contribution in [1.82, 2.24) is 25.0 Å². The van der Waals surface area contributed by atoms with E-state index in [1.807, 2.05) is 42.2 Å². The lowest BCUT2D eigenvalue weighted by molar-refractivity contribution is 0.0761. The van der Waals surface area contributed by atoms with Crippen LogP contribution in [0.3, 0.4) is 0 Å². The lowest BCUT2D eigenvalue weighted by Gasteiger charge is -2.28. The monoisotopic (exact) mass is 341 g/mol. The fourth-order valence-electron chi connectivity index (χ4n) is 3.43. The normalized spacial score (nSPS) is 19.2. The number of aromatic nitrogens is 3. The van der Waals surface area contributed by atoms with Crippen molar-refractivity contribution in [3.63, 3.8) is 0 Å². The van der Waals surface area contributed by atoms with E-state index in [-0.39, 0.29) is 11.9 Å². The molecule has 25 heavy (non-hydrogen) atoms. The number of benzene rings is 1. The minimum absolute atomic E-state index is 0.108. The van der Waals surface area contributed by atoms with Gasteiger partial charge in [0.15, 0.2) is 5.82 Å². The second-order valence-electron chi connectivity index (χ2n) is 7.13. The second-order valence-corrected chi connectivity index (χ2v) is 7.13. The maximum atomic E-state index is 12.8. The average Bonchev–Trinajstić information content (AvgIpc) is 2.92. The van der Waals surface area contributed by atoms with E-state index in [1.165, 1.54) is 0 Å². The van der Waals surface area contributed by atoms with Crippen LogP contribution in [0.4, 0.5) is 0 Å². The Bertz CT molecular complexity index is 697. The average molecular weight is 341 g/mol. The van der Waals surface area contributed by atoms with Crippen molar-refractivity contribution in [3.8, 4) is 0 Å². The fourth-order valence-corrected chi connectivity index (χ4v) is 3.43. The highest BCUT2D eigenvalue weighted by Crippen LogP contribution is 2.26. The van der Waals surface area contributed by atoms with E-state index in [4.69, 9.17) is 0 Å². The molecule has 2 heterocycles. The highest BCUT2D eigenvalue weighted by Gasteiger charge is 2.30. The standard InChI is InChI=1S/C19H27N5O/c1-14(2)13-24-12-11-23(19(25)16-7-5-4-6-8-16)10-9-17(24)18-20-15(3)21-22-18/h4-8,14,17H,9-13H2,1-3H3,(H,20,21,22). The van der Waals surface area contributed by atoms with Gasteiger partial charge in [0.25, 0.3) is 5.91 Å². The van der Waals surface area contributed by atoms with Gasteiger partial charge in [-0.25, -0.2) is 4.98 Å². The van der Waals surface area contributed by atoms with Crippen molar-refractivity contribution in [2.45, 2.75) is 33.2 Å². The number of amides is 1. The van der Waals surface area contributed by atoms with Crippen LogP contribution >= 0.6 is 0 Å². The third-order valence-corrected chi connectivity index (χ3v) is 4.59. The van der Waals surface area contributed by atoms with Crippen molar-refractivity contribution >= 4 is 5.91 Å². The highest BCUT2D eigenvalue weighted by molar-refractivity contribution is 5.94. The summed E-state index contributed by atoms with van der Waals surface area (Å²) in [5.74, 6) is 2.34. The van der Waals surface area contributed by atoms with Gasteiger partial charge in [-0.3, -0.25) is 14.8 Å². The zero-order chi connectivity index (χ0) is 17.8. The maximum absolute atomic E-state index is 12.8. The summed E-state index contributed by atoms with van der Waals surface area (Å²) in [5.41, 5.74) is 0.755. The van der Waals surface area contributed by atoms with Gasteiger partial charge < -0.3 is 4.90 Å². The number of H-pyrrole nitrogens is 1. The number of aryl methyl sites for hydroxylation is 1. The summed E-state index contributed by atoms with van der Waals surface area (Å²) in [7, 11) is 0. The molecule has 0 radical (unpaired) electrons. The molecule has 0 bridgehead atoms. The van der Waals surface area contributed by atoms with Gasteiger partial charge in [-0.15, -0.1) is 0 Å². The summed E-state index contributed by atoms with van der Waals surface area (Å²) >= 11 is 0. The summed E-state index contributed by atoms with van der Waals surface area (Å²) in [4.78, 5) is 21.7. The van der Waals surface area contributed by atoms with Crippen LogP contribution in [0.5, 0.6) is 0 Å². The molecule has 3 rings (SSSR count). The lowest BCUT2D eigenvalue weighted by Crippen LogP contribution is -2.37. The van der Waals surface area contributed by atoms with Gasteiger partial charge in [-0.05, 0) is 31.4 Å². The SMILES string of the molecule is Cc1nc(C2CCN(C(=O)c3ccccc3)CCN2CC(C)C)n[nH]1. The molecule has 1 unspecified atom stereocenters. The molecule has 0 saturated carbocycles. The molecule has 1 amide bonds. The molecule has 1 atom stereocenters. The molecular weight excluding hydrogens is 314 g/mol. The molecule has 6 heteroatoms. The Balaban J connectivity index is 1.78. The van der Waals surface area contributed by atoms with Gasteiger partial charge in [0.2, 0.25) is 0 Å². The quantitative estimate of drug-likeness (QED) is 0.928. The molecule has 1 fully saturated rings. The van der Waals surface area contributed by atoms with Crippen LogP contribution in [-0.2, 0) is 0 Å². The summed E-state index contributed by atoms with van der Waals surface area (Å²) < 4.78 is 0. The summed E-state index contributed by atoms with van der Waals surface area (Å²) in [6.07, 6.45) is 0.850. The Morgan fingerprint density at radius 3 is 2.64 bits per heavy atom. The number of carbonyl (C=O) groups excluding carboxylic acids is 1. The van der Waals surface area contributed by atoms with Gasteiger partial charge in [-0.2, -0.15) is 5.10 Å². The second kappa shape index (κ2) is 7.78. The number of nitrogens with zero attached hydrogens (tertiary/aromatic N) is 4. The molecule has 1 aromatic carbocycles. The lowest BCUT2D eigenvalue weighted by atomic mass is 10.1. The molecule has 1 aliphatic heterocycles. The molecule has 0 aliphatic carbocycles. The number of hydrogen-bond acceptors (Lipinski definition) is 4. The van der Waals surface area contributed by atoms with Gasteiger partial charge in [0.1, 0.15) is 5.82 Å². The molecule has 1 aromatic heterocycles. The zero-order valence-corrected chi connectivity index (χ0v) is 15.3. The molecule has 134 valence electrons. The van der Waals surface area contributed by atoms with Crippen LogP contribution in [-0.4, -0.2) is 57.1 Å². The van der Waals surface area contributed by atoms with Gasteiger partial charge in [0, 0.05) is 31.7 Å². The van der Waals surface area contributed by atoms with Crippen molar-refractivity contribution in [3.05, 3.63) is 47.5 Å². The Labute approximate surface area is 149 Å². The van der Waals surface area contributed by atoms with Crippen molar-refractivity contribution in [2.24, 2.45) is 5.92 Å². The molecule has 2 aromatic rings. The van der Waals surface area contributed by atoms with Crippen LogP contribution < -0.4 is 0 Å². The number of hydrogen-bond donors (Lipinski definition) is 1. The van der Waals surface area contributed by atoms with E-state index in [2.05, 4.69) is 33.9 Å². The number of rotatable bonds is 4. The van der Waals surface area contributed by atoms with E-state index in [0.717, 1.165) is 49.8 Å². The van der Waals surface area contributed by atoms with Crippen LogP contribution in [0, 0.1) is 12.8 Å². The highest BCUT2D eigenvalue weighted by atomic mass is 16.2. The van der Waals surface area contributed by atoms with Crippen molar-refractivity contribution < 1.29 is 4.79 Å². The van der Waals surface area contributed by atoms with E-state index >= 15 is 0 Å². The van der Waals surface area contributed by atoms with Crippen LogP contribution in [0.15, 0.2) is 30.3 Å². The van der Waals surface area contributed by atoms with Gasteiger partial charge in [-0.1, -0.05) is 32.0 Å².